The molecule has 1 N–H and O–H groups in total. The van der Waals surface area contributed by atoms with Crippen molar-refractivity contribution in [3.05, 3.63) is 34.1 Å². The summed E-state index contributed by atoms with van der Waals surface area (Å²) in [5, 5.41) is 8.58. The third-order valence-corrected chi connectivity index (χ3v) is 2.94. The fourth-order valence-corrected chi connectivity index (χ4v) is 1.97. The number of halogens is 1. The number of aromatic amines is 1. The lowest BCUT2D eigenvalue weighted by molar-refractivity contribution is 1.02. The Kier molecular flexibility index (Phi) is 2.65. The van der Waals surface area contributed by atoms with Crippen molar-refractivity contribution in [3.8, 4) is 10.6 Å². The molecule has 2 rings (SSSR count). The molecule has 0 atom stereocenters. The Morgan fingerprint density at radius 3 is 3.00 bits per heavy atom. The zero-order valence-corrected chi connectivity index (χ0v) is 9.06. The summed E-state index contributed by atoms with van der Waals surface area (Å²) in [7, 11) is 1.73. The summed E-state index contributed by atoms with van der Waals surface area (Å²) >= 11 is 7.38. The average molecular weight is 226 g/mol. The van der Waals surface area contributed by atoms with Crippen LogP contribution in [0.1, 0.15) is 0 Å². The molecule has 0 saturated heterocycles. The van der Waals surface area contributed by atoms with Crippen molar-refractivity contribution in [3.63, 3.8) is 0 Å². The first kappa shape index (κ1) is 9.43. The van der Waals surface area contributed by atoms with Gasteiger partial charge in [0.2, 0.25) is 0 Å². The van der Waals surface area contributed by atoms with E-state index in [2.05, 4.69) is 15.2 Å². The maximum absolute atomic E-state index is 5.88. The summed E-state index contributed by atoms with van der Waals surface area (Å²) in [5.74, 6) is 0. The molecule has 1 aromatic carbocycles. The Bertz CT molecular complexity index is 501. The van der Waals surface area contributed by atoms with Gasteiger partial charge in [-0.15, -0.1) is 0 Å². The first-order valence-electron chi connectivity index (χ1n) is 4.04. The average Bonchev–Trinajstić information content (AvgIpc) is 2.66. The molecule has 0 saturated carbocycles. The molecule has 0 bridgehead atoms. The predicted octanol–water partition coefficient (Wildman–Crippen LogP) is 2.32. The minimum absolute atomic E-state index is 0.715. The molecule has 0 radical (unpaired) electrons. The maximum atomic E-state index is 5.88. The van der Waals surface area contributed by atoms with Crippen LogP contribution < -0.4 is 4.80 Å². The lowest BCUT2D eigenvalue weighted by Gasteiger charge is -1.94. The van der Waals surface area contributed by atoms with Gasteiger partial charge in [0, 0.05) is 17.6 Å². The fraction of sp³-hybridized carbons (Fsp3) is 0.111. The topological polar surface area (TPSA) is 41.0 Å². The van der Waals surface area contributed by atoms with Crippen LogP contribution in [-0.4, -0.2) is 17.2 Å². The second-order valence-electron chi connectivity index (χ2n) is 2.67. The number of rotatable bonds is 1. The van der Waals surface area contributed by atoms with Crippen LogP contribution in [-0.2, 0) is 0 Å². The molecule has 0 unspecified atom stereocenters. The highest BCUT2D eigenvalue weighted by Crippen LogP contribution is 2.21. The molecule has 0 aliphatic rings. The first-order valence-corrected chi connectivity index (χ1v) is 5.23. The minimum Gasteiger partial charge on any atom is -0.261 e. The van der Waals surface area contributed by atoms with Gasteiger partial charge in [0.05, 0.1) is 0 Å². The Morgan fingerprint density at radius 2 is 2.36 bits per heavy atom. The van der Waals surface area contributed by atoms with Crippen LogP contribution in [0.5, 0.6) is 0 Å². The van der Waals surface area contributed by atoms with Crippen molar-refractivity contribution in [1.29, 1.82) is 0 Å². The molecule has 3 nitrogen and oxygen atoms in total. The molecule has 14 heavy (non-hydrogen) atoms. The van der Waals surface area contributed by atoms with E-state index in [9.17, 15) is 0 Å². The van der Waals surface area contributed by atoms with Crippen LogP contribution in [0.3, 0.4) is 0 Å². The Balaban J connectivity index is 2.49. The number of hydrogen-bond acceptors (Lipinski definition) is 3. The van der Waals surface area contributed by atoms with Gasteiger partial charge in [0.15, 0.2) is 4.80 Å². The Labute approximate surface area is 90.1 Å². The van der Waals surface area contributed by atoms with Gasteiger partial charge in [-0.05, 0) is 12.1 Å². The summed E-state index contributed by atoms with van der Waals surface area (Å²) in [6.07, 6.45) is 0. The highest BCUT2D eigenvalue weighted by molar-refractivity contribution is 7.12. The number of benzene rings is 1. The number of aromatic nitrogens is 2. The minimum atomic E-state index is 0.715. The fourth-order valence-electron chi connectivity index (χ4n) is 1.08. The van der Waals surface area contributed by atoms with E-state index in [-0.39, 0.29) is 0 Å². The van der Waals surface area contributed by atoms with Gasteiger partial charge in [-0.2, -0.15) is 5.10 Å². The SMILES string of the molecule is C/N=c1/[nH]nc(-c2cccc(Cl)c2)s1. The van der Waals surface area contributed by atoms with E-state index < -0.39 is 0 Å². The van der Waals surface area contributed by atoms with E-state index in [1.807, 2.05) is 24.3 Å². The van der Waals surface area contributed by atoms with E-state index >= 15 is 0 Å². The van der Waals surface area contributed by atoms with Crippen molar-refractivity contribution in [2.45, 2.75) is 0 Å². The first-order chi connectivity index (χ1) is 6.79. The van der Waals surface area contributed by atoms with E-state index in [4.69, 9.17) is 11.6 Å². The molecule has 0 fully saturated rings. The lowest BCUT2D eigenvalue weighted by Crippen LogP contribution is -1.95. The highest BCUT2D eigenvalue weighted by Gasteiger charge is 2.01. The van der Waals surface area contributed by atoms with Gasteiger partial charge in [-0.1, -0.05) is 35.1 Å². The number of nitrogens with zero attached hydrogens (tertiary/aromatic N) is 2. The Morgan fingerprint density at radius 1 is 1.50 bits per heavy atom. The molecule has 0 amide bonds. The third kappa shape index (κ3) is 1.86. The van der Waals surface area contributed by atoms with Crippen molar-refractivity contribution < 1.29 is 0 Å². The largest absolute Gasteiger partial charge is 0.261 e. The van der Waals surface area contributed by atoms with Crippen molar-refractivity contribution >= 4 is 22.9 Å². The molecule has 2 aromatic rings. The number of H-pyrrole nitrogens is 1. The van der Waals surface area contributed by atoms with Gasteiger partial charge in [-0.3, -0.25) is 10.1 Å². The smallest absolute Gasteiger partial charge is 0.200 e. The summed E-state index contributed by atoms with van der Waals surface area (Å²) in [5.41, 5.74) is 1.01. The van der Waals surface area contributed by atoms with Crippen LogP contribution in [0.25, 0.3) is 10.6 Å². The van der Waals surface area contributed by atoms with Crippen LogP contribution in [0.2, 0.25) is 5.02 Å². The van der Waals surface area contributed by atoms with Crippen LogP contribution in [0.15, 0.2) is 29.3 Å². The molecule has 0 spiro atoms. The molecule has 1 heterocycles. The highest BCUT2D eigenvalue weighted by atomic mass is 35.5. The van der Waals surface area contributed by atoms with Crippen LogP contribution in [0.4, 0.5) is 0 Å². The van der Waals surface area contributed by atoms with Crippen molar-refractivity contribution in [2.75, 3.05) is 7.05 Å². The molecule has 1 aromatic heterocycles. The van der Waals surface area contributed by atoms with Gasteiger partial charge in [-0.25, -0.2) is 0 Å². The van der Waals surface area contributed by atoms with Crippen LogP contribution >= 0.6 is 22.9 Å². The van der Waals surface area contributed by atoms with E-state index in [0.29, 0.717) is 5.02 Å². The van der Waals surface area contributed by atoms with Crippen molar-refractivity contribution in [2.24, 2.45) is 4.99 Å². The van der Waals surface area contributed by atoms with Crippen molar-refractivity contribution in [1.82, 2.24) is 10.2 Å². The zero-order valence-electron chi connectivity index (χ0n) is 7.49. The number of hydrogen-bond donors (Lipinski definition) is 1. The van der Waals surface area contributed by atoms with Gasteiger partial charge < -0.3 is 0 Å². The standard InChI is InChI=1S/C9H8ClN3S/c1-11-9-13-12-8(14-9)6-3-2-4-7(10)5-6/h2-5H,1H3,(H,11,13). The quantitative estimate of drug-likeness (QED) is 0.795. The monoisotopic (exact) mass is 225 g/mol. The molecular formula is C9H8ClN3S. The molecule has 0 aliphatic heterocycles. The number of nitrogens with one attached hydrogen (secondary N) is 1. The van der Waals surface area contributed by atoms with Crippen LogP contribution in [0, 0.1) is 0 Å². The summed E-state index contributed by atoms with van der Waals surface area (Å²) < 4.78 is 0. The van der Waals surface area contributed by atoms with E-state index in [0.717, 1.165) is 15.4 Å². The van der Waals surface area contributed by atoms with Gasteiger partial charge in [0.25, 0.3) is 0 Å². The molecular weight excluding hydrogens is 218 g/mol. The summed E-state index contributed by atoms with van der Waals surface area (Å²) in [6, 6.07) is 7.60. The molecule has 0 aliphatic carbocycles. The summed E-state index contributed by atoms with van der Waals surface area (Å²) in [6.45, 7) is 0. The third-order valence-electron chi connectivity index (χ3n) is 1.72. The molecule has 72 valence electrons. The summed E-state index contributed by atoms with van der Waals surface area (Å²) in [4.78, 5) is 4.81. The van der Waals surface area contributed by atoms with Gasteiger partial charge >= 0.3 is 0 Å². The van der Waals surface area contributed by atoms with E-state index in [1.54, 1.807) is 7.05 Å². The van der Waals surface area contributed by atoms with Gasteiger partial charge in [0.1, 0.15) is 5.01 Å². The zero-order chi connectivity index (χ0) is 9.97. The second kappa shape index (κ2) is 3.94. The lowest BCUT2D eigenvalue weighted by atomic mass is 10.2. The predicted molar refractivity (Wildman–Crippen MR) is 58.4 cm³/mol. The van der Waals surface area contributed by atoms with E-state index in [1.165, 1.54) is 11.3 Å². The second-order valence-corrected chi connectivity index (χ2v) is 4.08. The Hall–Kier alpha value is -1.13. The molecule has 5 heteroatoms. The maximum Gasteiger partial charge on any atom is 0.200 e. The normalized spacial score (nSPS) is 12.0.